The minimum Gasteiger partial charge on any atom is -0.299 e. The molecule has 0 spiro atoms. The first-order valence-corrected chi connectivity index (χ1v) is 6.91. The van der Waals surface area contributed by atoms with Crippen molar-refractivity contribution in [2.45, 2.75) is 26.8 Å². The zero-order valence-electron chi connectivity index (χ0n) is 10.1. The minimum atomic E-state index is 0.829. The van der Waals surface area contributed by atoms with Gasteiger partial charge in [-0.1, -0.05) is 41.9 Å². The van der Waals surface area contributed by atoms with Crippen molar-refractivity contribution in [2.75, 3.05) is 13.1 Å². The van der Waals surface area contributed by atoms with Crippen molar-refractivity contribution in [2.24, 2.45) is 11.8 Å². The number of rotatable bonds is 3. The Hall–Kier alpha value is -0.340. The van der Waals surface area contributed by atoms with Crippen LogP contribution in [0, 0.1) is 11.8 Å². The van der Waals surface area contributed by atoms with Gasteiger partial charge in [0.1, 0.15) is 0 Å². The molecule has 1 unspecified atom stereocenters. The van der Waals surface area contributed by atoms with E-state index in [4.69, 9.17) is 0 Å². The largest absolute Gasteiger partial charge is 0.299 e. The molecule has 1 atom stereocenters. The molecule has 1 fully saturated rings. The van der Waals surface area contributed by atoms with E-state index in [1.54, 1.807) is 0 Å². The van der Waals surface area contributed by atoms with E-state index in [1.165, 1.54) is 25.1 Å². The molecule has 0 N–H and O–H groups in total. The number of halogens is 1. The lowest BCUT2D eigenvalue weighted by molar-refractivity contribution is 0.297. The van der Waals surface area contributed by atoms with E-state index < -0.39 is 0 Å². The molecule has 16 heavy (non-hydrogen) atoms. The molecule has 2 rings (SSSR count). The monoisotopic (exact) mass is 281 g/mol. The number of nitrogens with zero attached hydrogens (tertiary/aromatic N) is 1. The van der Waals surface area contributed by atoms with Crippen LogP contribution in [0.4, 0.5) is 0 Å². The number of benzene rings is 1. The van der Waals surface area contributed by atoms with Gasteiger partial charge in [-0.2, -0.15) is 0 Å². The zero-order chi connectivity index (χ0) is 11.5. The van der Waals surface area contributed by atoms with Gasteiger partial charge in [-0.15, -0.1) is 0 Å². The van der Waals surface area contributed by atoms with Gasteiger partial charge in [0.25, 0.3) is 0 Å². The molecule has 0 bridgehead atoms. The minimum absolute atomic E-state index is 0.829. The summed E-state index contributed by atoms with van der Waals surface area (Å²) >= 11 is 3.47. The molecule has 0 aromatic heterocycles. The summed E-state index contributed by atoms with van der Waals surface area (Å²) in [5.74, 6) is 1.73. The summed E-state index contributed by atoms with van der Waals surface area (Å²) < 4.78 is 1.16. The summed E-state index contributed by atoms with van der Waals surface area (Å²) in [7, 11) is 0. The van der Waals surface area contributed by atoms with Gasteiger partial charge in [-0.05, 0) is 42.5 Å². The van der Waals surface area contributed by atoms with Gasteiger partial charge in [-0.3, -0.25) is 4.90 Å². The standard InChI is InChI=1S/C14H20BrN/c1-11(2)13-7-8-16(10-13)9-12-3-5-14(15)6-4-12/h3-6,11,13H,7-10H2,1-2H3. The van der Waals surface area contributed by atoms with Crippen molar-refractivity contribution in [3.8, 4) is 0 Å². The van der Waals surface area contributed by atoms with Crippen molar-refractivity contribution in [1.29, 1.82) is 0 Å². The van der Waals surface area contributed by atoms with E-state index in [1.807, 2.05) is 0 Å². The highest BCUT2D eigenvalue weighted by atomic mass is 79.9. The Morgan fingerprint density at radius 1 is 1.31 bits per heavy atom. The van der Waals surface area contributed by atoms with Crippen LogP contribution in [0.2, 0.25) is 0 Å². The molecular weight excluding hydrogens is 262 g/mol. The predicted octanol–water partition coefficient (Wildman–Crippen LogP) is 3.93. The number of hydrogen-bond acceptors (Lipinski definition) is 1. The molecule has 2 heteroatoms. The lowest BCUT2D eigenvalue weighted by Gasteiger charge is -2.17. The van der Waals surface area contributed by atoms with E-state index in [9.17, 15) is 0 Å². The first-order chi connectivity index (χ1) is 7.65. The molecule has 1 aromatic rings. The molecule has 0 radical (unpaired) electrons. The van der Waals surface area contributed by atoms with E-state index >= 15 is 0 Å². The van der Waals surface area contributed by atoms with Crippen LogP contribution in [-0.4, -0.2) is 18.0 Å². The Kier molecular flexibility index (Phi) is 4.04. The normalized spacial score (nSPS) is 21.9. The van der Waals surface area contributed by atoms with Crippen molar-refractivity contribution in [1.82, 2.24) is 4.90 Å². The van der Waals surface area contributed by atoms with Crippen molar-refractivity contribution < 1.29 is 0 Å². The van der Waals surface area contributed by atoms with Crippen LogP contribution in [-0.2, 0) is 6.54 Å². The van der Waals surface area contributed by atoms with Gasteiger partial charge in [-0.25, -0.2) is 0 Å². The van der Waals surface area contributed by atoms with E-state index in [0.717, 1.165) is 22.9 Å². The molecule has 1 aromatic carbocycles. The molecule has 1 nitrogen and oxygen atoms in total. The average molecular weight is 282 g/mol. The molecule has 1 aliphatic rings. The van der Waals surface area contributed by atoms with E-state index in [-0.39, 0.29) is 0 Å². The zero-order valence-corrected chi connectivity index (χ0v) is 11.7. The molecule has 1 heterocycles. The molecule has 88 valence electrons. The van der Waals surface area contributed by atoms with E-state index in [0.29, 0.717) is 0 Å². The quantitative estimate of drug-likeness (QED) is 0.812. The molecule has 1 saturated heterocycles. The fourth-order valence-corrected chi connectivity index (χ4v) is 2.66. The smallest absolute Gasteiger partial charge is 0.0233 e. The summed E-state index contributed by atoms with van der Waals surface area (Å²) in [6, 6.07) is 8.69. The highest BCUT2D eigenvalue weighted by Gasteiger charge is 2.24. The second kappa shape index (κ2) is 5.33. The third-order valence-corrected chi connectivity index (χ3v) is 4.10. The van der Waals surface area contributed by atoms with Crippen LogP contribution in [0.25, 0.3) is 0 Å². The first kappa shape index (κ1) is 12.1. The summed E-state index contributed by atoms with van der Waals surface area (Å²) in [4.78, 5) is 2.58. The van der Waals surface area contributed by atoms with Crippen molar-refractivity contribution in [3.63, 3.8) is 0 Å². The molecule has 0 saturated carbocycles. The second-order valence-corrected chi connectivity index (χ2v) is 6.07. The Morgan fingerprint density at radius 3 is 2.56 bits per heavy atom. The van der Waals surface area contributed by atoms with Crippen LogP contribution in [0.5, 0.6) is 0 Å². The van der Waals surface area contributed by atoms with Crippen LogP contribution in [0.3, 0.4) is 0 Å². The van der Waals surface area contributed by atoms with Gasteiger partial charge in [0.05, 0.1) is 0 Å². The van der Waals surface area contributed by atoms with Crippen LogP contribution in [0.15, 0.2) is 28.7 Å². The Morgan fingerprint density at radius 2 is 2.00 bits per heavy atom. The average Bonchev–Trinajstić information content (AvgIpc) is 2.70. The maximum absolute atomic E-state index is 3.47. The van der Waals surface area contributed by atoms with Crippen LogP contribution in [0.1, 0.15) is 25.8 Å². The first-order valence-electron chi connectivity index (χ1n) is 6.12. The maximum Gasteiger partial charge on any atom is 0.0233 e. The van der Waals surface area contributed by atoms with Crippen LogP contribution >= 0.6 is 15.9 Å². The fraction of sp³-hybridized carbons (Fsp3) is 0.571. The second-order valence-electron chi connectivity index (χ2n) is 5.15. The summed E-state index contributed by atoms with van der Waals surface area (Å²) in [5.41, 5.74) is 1.42. The molecule has 0 aliphatic carbocycles. The van der Waals surface area contributed by atoms with Gasteiger partial charge in [0, 0.05) is 17.6 Å². The Labute approximate surface area is 107 Å². The lowest BCUT2D eigenvalue weighted by Crippen LogP contribution is -2.21. The highest BCUT2D eigenvalue weighted by molar-refractivity contribution is 9.10. The third-order valence-electron chi connectivity index (χ3n) is 3.57. The maximum atomic E-state index is 3.47. The summed E-state index contributed by atoms with van der Waals surface area (Å²) in [6.07, 6.45) is 1.37. The highest BCUT2D eigenvalue weighted by Crippen LogP contribution is 2.25. The number of hydrogen-bond donors (Lipinski definition) is 0. The van der Waals surface area contributed by atoms with Gasteiger partial charge < -0.3 is 0 Å². The Balaban J connectivity index is 1.89. The van der Waals surface area contributed by atoms with E-state index in [2.05, 4.69) is 58.9 Å². The summed E-state index contributed by atoms with van der Waals surface area (Å²) in [6.45, 7) is 8.32. The van der Waals surface area contributed by atoms with Gasteiger partial charge in [0.2, 0.25) is 0 Å². The molecule has 0 amide bonds. The van der Waals surface area contributed by atoms with Crippen molar-refractivity contribution >= 4 is 15.9 Å². The molecular formula is C14H20BrN. The lowest BCUT2D eigenvalue weighted by atomic mass is 9.95. The predicted molar refractivity (Wildman–Crippen MR) is 72.4 cm³/mol. The SMILES string of the molecule is CC(C)C1CCN(Cc2ccc(Br)cc2)C1. The molecule has 1 aliphatic heterocycles. The van der Waals surface area contributed by atoms with Gasteiger partial charge >= 0.3 is 0 Å². The Bertz CT molecular complexity index is 331. The third kappa shape index (κ3) is 3.08. The number of likely N-dealkylation sites (tertiary alicyclic amines) is 1. The summed E-state index contributed by atoms with van der Waals surface area (Å²) in [5, 5.41) is 0. The topological polar surface area (TPSA) is 3.24 Å². The fourth-order valence-electron chi connectivity index (χ4n) is 2.40. The van der Waals surface area contributed by atoms with Crippen LogP contribution < -0.4 is 0 Å². The van der Waals surface area contributed by atoms with Crippen molar-refractivity contribution in [3.05, 3.63) is 34.3 Å². The van der Waals surface area contributed by atoms with Gasteiger partial charge in [0.15, 0.2) is 0 Å².